The van der Waals surface area contributed by atoms with Gasteiger partial charge >= 0.3 is 0 Å². The van der Waals surface area contributed by atoms with Crippen molar-refractivity contribution in [1.29, 1.82) is 0 Å². The van der Waals surface area contributed by atoms with Crippen molar-refractivity contribution >= 4 is 5.91 Å². The summed E-state index contributed by atoms with van der Waals surface area (Å²) in [5.41, 5.74) is 1.12. The van der Waals surface area contributed by atoms with E-state index in [1.807, 2.05) is 42.5 Å². The lowest BCUT2D eigenvalue weighted by molar-refractivity contribution is -0.128. The van der Waals surface area contributed by atoms with E-state index >= 15 is 0 Å². The van der Waals surface area contributed by atoms with E-state index in [1.165, 1.54) is 6.08 Å². The summed E-state index contributed by atoms with van der Waals surface area (Å²) in [5.74, 6) is -0.132. The molecule has 128 valence electrons. The van der Waals surface area contributed by atoms with Crippen LogP contribution in [0.25, 0.3) is 0 Å². The number of rotatable bonds is 12. The second-order valence-corrected chi connectivity index (χ2v) is 5.48. The summed E-state index contributed by atoms with van der Waals surface area (Å²) in [6, 6.07) is 9.91. The van der Waals surface area contributed by atoms with Gasteiger partial charge in [-0.2, -0.15) is 0 Å². The first-order valence-corrected chi connectivity index (χ1v) is 8.07. The van der Waals surface area contributed by atoms with E-state index in [0.29, 0.717) is 26.2 Å². The zero-order valence-electron chi connectivity index (χ0n) is 14.3. The van der Waals surface area contributed by atoms with E-state index in [9.17, 15) is 4.79 Å². The van der Waals surface area contributed by atoms with Crippen LogP contribution >= 0.6 is 0 Å². The van der Waals surface area contributed by atoms with Crippen LogP contribution in [0.5, 0.6) is 0 Å². The van der Waals surface area contributed by atoms with Gasteiger partial charge in [-0.15, -0.1) is 19.7 Å². The van der Waals surface area contributed by atoms with Crippen molar-refractivity contribution in [1.82, 2.24) is 4.90 Å². The Balaban J connectivity index is 2.78. The Morgan fingerprint density at radius 1 is 1.12 bits per heavy atom. The molecule has 0 N–H and O–H groups in total. The van der Waals surface area contributed by atoms with Gasteiger partial charge in [0.25, 0.3) is 0 Å². The Bertz CT molecular complexity index is 550. The molecule has 0 unspecified atom stereocenters. The highest BCUT2D eigenvalue weighted by Gasteiger charge is 2.26. The van der Waals surface area contributed by atoms with E-state index in [4.69, 9.17) is 4.74 Å². The van der Waals surface area contributed by atoms with Gasteiger partial charge in [-0.05, 0) is 18.1 Å². The van der Waals surface area contributed by atoms with Crippen LogP contribution in [0.2, 0.25) is 0 Å². The van der Waals surface area contributed by atoms with Gasteiger partial charge in [0.05, 0.1) is 13.2 Å². The largest absolute Gasteiger partial charge is 0.376 e. The quantitative estimate of drug-likeness (QED) is 0.427. The summed E-state index contributed by atoms with van der Waals surface area (Å²) < 4.78 is 5.85. The summed E-state index contributed by atoms with van der Waals surface area (Å²) in [6.45, 7) is 16.5. The molecule has 2 atom stereocenters. The second kappa shape index (κ2) is 11.2. The van der Waals surface area contributed by atoms with Gasteiger partial charge in [0.2, 0.25) is 5.91 Å². The summed E-state index contributed by atoms with van der Waals surface area (Å²) in [5, 5.41) is 0. The lowest BCUT2D eigenvalue weighted by atomic mass is 9.95. The number of benzene rings is 1. The Morgan fingerprint density at radius 2 is 1.83 bits per heavy atom. The number of carbonyl (C=O) groups excluding carboxylic acids is 1. The fourth-order valence-electron chi connectivity index (χ4n) is 2.57. The number of nitrogens with zero attached hydrogens (tertiary/aromatic N) is 1. The average molecular weight is 325 g/mol. The Kier molecular flexibility index (Phi) is 9.17. The van der Waals surface area contributed by atoms with Crippen molar-refractivity contribution in [2.24, 2.45) is 5.92 Å². The third kappa shape index (κ3) is 6.01. The van der Waals surface area contributed by atoms with Gasteiger partial charge in [-0.3, -0.25) is 4.79 Å². The maximum atomic E-state index is 12.2. The Morgan fingerprint density at radius 3 is 2.38 bits per heavy atom. The molecule has 24 heavy (non-hydrogen) atoms. The normalized spacial score (nSPS) is 12.7. The molecule has 0 aliphatic rings. The first-order valence-electron chi connectivity index (χ1n) is 8.07. The fourth-order valence-corrected chi connectivity index (χ4v) is 2.57. The molecule has 1 aromatic carbocycles. The smallest absolute Gasteiger partial charge is 0.246 e. The molecule has 0 aliphatic carbocycles. The van der Waals surface area contributed by atoms with E-state index in [1.54, 1.807) is 11.0 Å². The monoisotopic (exact) mass is 325 g/mol. The van der Waals surface area contributed by atoms with Crippen molar-refractivity contribution in [2.45, 2.75) is 19.1 Å². The molecule has 1 rings (SSSR count). The number of hydrogen-bond acceptors (Lipinski definition) is 2. The van der Waals surface area contributed by atoms with Crippen LogP contribution in [0.15, 0.2) is 81.0 Å². The van der Waals surface area contributed by atoms with E-state index in [-0.39, 0.29) is 17.9 Å². The minimum Gasteiger partial charge on any atom is -0.376 e. The molecule has 0 radical (unpaired) electrons. The minimum atomic E-state index is -0.128. The van der Waals surface area contributed by atoms with E-state index in [2.05, 4.69) is 26.3 Å². The van der Waals surface area contributed by atoms with Gasteiger partial charge in [0.1, 0.15) is 0 Å². The summed E-state index contributed by atoms with van der Waals surface area (Å²) in [7, 11) is 0. The molecule has 0 saturated carbocycles. The Hall–Kier alpha value is -2.39. The van der Waals surface area contributed by atoms with E-state index < -0.39 is 0 Å². The number of ether oxygens (including phenoxy) is 1. The average Bonchev–Trinajstić information content (AvgIpc) is 2.62. The van der Waals surface area contributed by atoms with Crippen LogP contribution in [0, 0.1) is 5.92 Å². The zero-order chi connectivity index (χ0) is 17.8. The van der Waals surface area contributed by atoms with Gasteiger partial charge < -0.3 is 9.64 Å². The Labute approximate surface area is 145 Å². The number of hydrogen-bond donors (Lipinski definition) is 0. The van der Waals surface area contributed by atoms with Crippen molar-refractivity contribution in [3.63, 3.8) is 0 Å². The van der Waals surface area contributed by atoms with Crippen LogP contribution < -0.4 is 0 Å². The first kappa shape index (κ1) is 19.7. The molecular weight excluding hydrogens is 298 g/mol. The topological polar surface area (TPSA) is 29.5 Å². The van der Waals surface area contributed by atoms with Crippen LogP contribution in [0.3, 0.4) is 0 Å². The summed E-state index contributed by atoms with van der Waals surface area (Å²) in [4.78, 5) is 13.9. The number of carbonyl (C=O) groups is 1. The van der Waals surface area contributed by atoms with E-state index in [0.717, 1.165) is 5.56 Å². The van der Waals surface area contributed by atoms with Crippen LogP contribution in [-0.2, 0) is 16.1 Å². The maximum Gasteiger partial charge on any atom is 0.246 e. The lowest BCUT2D eigenvalue weighted by Crippen LogP contribution is -2.44. The van der Waals surface area contributed by atoms with Crippen LogP contribution in [0.1, 0.15) is 12.0 Å². The molecule has 0 heterocycles. The third-order valence-corrected chi connectivity index (χ3v) is 3.81. The third-order valence-electron chi connectivity index (χ3n) is 3.81. The first-order chi connectivity index (χ1) is 11.7. The predicted molar refractivity (Wildman–Crippen MR) is 100 cm³/mol. The van der Waals surface area contributed by atoms with Crippen LogP contribution in [0.4, 0.5) is 0 Å². The lowest BCUT2D eigenvalue weighted by Gasteiger charge is -2.34. The molecule has 0 aromatic heterocycles. The minimum absolute atomic E-state index is 0.00411. The molecule has 0 bridgehead atoms. The predicted octanol–water partition coefficient (Wildman–Crippen LogP) is 4.15. The molecule has 0 saturated heterocycles. The molecule has 3 nitrogen and oxygen atoms in total. The van der Waals surface area contributed by atoms with Crippen molar-refractivity contribution in [3.05, 3.63) is 86.5 Å². The van der Waals surface area contributed by atoms with Crippen molar-refractivity contribution in [2.75, 3.05) is 13.2 Å². The molecular formula is C21H27NO2. The molecule has 3 heteroatoms. The standard InChI is InChI=1S/C21H27NO2/c1-5-12-20(22(15-6-2)21(23)8-4)19(7-3)17-24-16-18-13-10-9-11-14-18/h5-11,13-14,19-20H,1-4,12,15-17H2/t19-,20+/m0/s1. The molecule has 0 aliphatic heterocycles. The molecule has 1 amide bonds. The molecule has 0 spiro atoms. The highest BCUT2D eigenvalue weighted by Crippen LogP contribution is 2.19. The maximum absolute atomic E-state index is 12.2. The molecule has 1 aromatic rings. The highest BCUT2D eigenvalue weighted by molar-refractivity contribution is 5.87. The van der Waals surface area contributed by atoms with Gasteiger partial charge in [0, 0.05) is 18.5 Å². The van der Waals surface area contributed by atoms with Gasteiger partial charge in [-0.25, -0.2) is 0 Å². The molecule has 0 fully saturated rings. The second-order valence-electron chi connectivity index (χ2n) is 5.48. The SMILES string of the molecule is C=CC[C@H]([C@@H](C=C)COCc1ccccc1)N(CC=C)C(=O)C=C. The zero-order valence-corrected chi connectivity index (χ0v) is 14.3. The summed E-state index contributed by atoms with van der Waals surface area (Å²) >= 11 is 0. The van der Waals surface area contributed by atoms with Crippen molar-refractivity contribution in [3.8, 4) is 0 Å². The fraction of sp³-hybridized carbons (Fsp3) is 0.286. The van der Waals surface area contributed by atoms with Crippen LogP contribution in [-0.4, -0.2) is 30.0 Å². The van der Waals surface area contributed by atoms with Gasteiger partial charge in [0.15, 0.2) is 0 Å². The number of amides is 1. The summed E-state index contributed by atoms with van der Waals surface area (Å²) in [6.07, 6.45) is 7.34. The highest BCUT2D eigenvalue weighted by atomic mass is 16.5. The van der Waals surface area contributed by atoms with Crippen molar-refractivity contribution < 1.29 is 9.53 Å². The van der Waals surface area contributed by atoms with Gasteiger partial charge in [-0.1, -0.05) is 55.1 Å².